The number of carbonyl (C=O) groups is 1. The Bertz CT molecular complexity index is 464. The number of likely N-dealkylation sites (tertiary alicyclic amines) is 1. The van der Waals surface area contributed by atoms with Crippen molar-refractivity contribution < 1.29 is 14.4 Å². The summed E-state index contributed by atoms with van der Waals surface area (Å²) in [6.07, 6.45) is 0.0354. The van der Waals surface area contributed by atoms with Crippen LogP contribution in [0.1, 0.15) is 25.3 Å². The van der Waals surface area contributed by atoms with Gasteiger partial charge < -0.3 is 20.3 Å². The summed E-state index contributed by atoms with van der Waals surface area (Å²) in [7, 11) is 0. The van der Waals surface area contributed by atoms with E-state index in [1.165, 1.54) is 0 Å². The van der Waals surface area contributed by atoms with Gasteiger partial charge in [0.05, 0.1) is 17.3 Å². The molecule has 0 aliphatic carbocycles. The lowest BCUT2D eigenvalue weighted by Gasteiger charge is -2.25. The molecule has 0 radical (unpaired) electrons. The van der Waals surface area contributed by atoms with Gasteiger partial charge in [-0.2, -0.15) is 0 Å². The van der Waals surface area contributed by atoms with Gasteiger partial charge in [0.15, 0.2) is 0 Å². The molecule has 0 bridgehead atoms. The van der Waals surface area contributed by atoms with E-state index in [0.29, 0.717) is 19.5 Å². The number of hydrogen-bond acceptors (Lipinski definition) is 5. The number of rotatable bonds is 3. The van der Waals surface area contributed by atoms with Crippen LogP contribution < -0.4 is 5.73 Å². The molecule has 0 spiro atoms. The van der Waals surface area contributed by atoms with Crippen LogP contribution in [0.5, 0.6) is 0 Å². The highest BCUT2D eigenvalue weighted by Gasteiger charge is 2.38. The Morgan fingerprint density at radius 1 is 1.63 bits per heavy atom. The van der Waals surface area contributed by atoms with Crippen molar-refractivity contribution >= 4 is 5.91 Å². The van der Waals surface area contributed by atoms with Gasteiger partial charge in [0, 0.05) is 31.5 Å². The summed E-state index contributed by atoms with van der Waals surface area (Å²) in [5.74, 6) is 0.573. The quantitative estimate of drug-likeness (QED) is 0.809. The normalized spacial score (nSPS) is 23.9. The van der Waals surface area contributed by atoms with Crippen molar-refractivity contribution in [3.05, 3.63) is 17.5 Å². The minimum atomic E-state index is -0.905. The molecule has 2 rings (SSSR count). The molecule has 1 aliphatic rings. The van der Waals surface area contributed by atoms with Crippen LogP contribution in [0.15, 0.2) is 10.6 Å². The van der Waals surface area contributed by atoms with Gasteiger partial charge in [-0.1, -0.05) is 5.16 Å². The van der Waals surface area contributed by atoms with Crippen molar-refractivity contribution in [2.45, 2.75) is 38.8 Å². The zero-order valence-electron chi connectivity index (χ0n) is 11.6. The number of carbonyl (C=O) groups excluding carboxylic acids is 1. The fraction of sp³-hybridized carbons (Fsp3) is 0.692. The van der Waals surface area contributed by atoms with Crippen molar-refractivity contribution in [3.8, 4) is 0 Å². The molecule has 3 N–H and O–H groups in total. The summed E-state index contributed by atoms with van der Waals surface area (Å²) in [5, 5.41) is 13.9. The minimum absolute atomic E-state index is 0.0290. The number of aromatic nitrogens is 1. The number of aryl methyl sites for hydroxylation is 1. The maximum absolute atomic E-state index is 12.1. The molecule has 0 saturated carbocycles. The first-order valence-corrected chi connectivity index (χ1v) is 6.46. The Balaban J connectivity index is 2.00. The maximum Gasteiger partial charge on any atom is 0.242 e. The van der Waals surface area contributed by atoms with E-state index in [0.717, 1.165) is 11.5 Å². The summed E-state index contributed by atoms with van der Waals surface area (Å²) >= 11 is 0. The van der Waals surface area contributed by atoms with Gasteiger partial charge in [-0.3, -0.25) is 4.79 Å². The molecule has 2 atom stereocenters. The molecule has 1 aromatic heterocycles. The molecule has 2 heterocycles. The lowest BCUT2D eigenvalue weighted by Crippen LogP contribution is -2.50. The fourth-order valence-electron chi connectivity index (χ4n) is 2.40. The van der Waals surface area contributed by atoms with Crippen LogP contribution in [0, 0.1) is 12.8 Å². The zero-order chi connectivity index (χ0) is 14.2. The molecule has 1 amide bonds. The standard InChI is InChI=1S/C13H21N3O3/c1-8-4-10(19-15-8)5-9-6-16(7-11(9)17)12(18)13(2,3)14/h4,9,11,17H,5-7,14H2,1-3H3/t9-,11+/m1/s1. The first kappa shape index (κ1) is 14.0. The highest BCUT2D eigenvalue weighted by molar-refractivity contribution is 5.85. The number of nitrogens with zero attached hydrogens (tertiary/aromatic N) is 2. The van der Waals surface area contributed by atoms with Crippen molar-refractivity contribution in [2.24, 2.45) is 11.7 Å². The lowest BCUT2D eigenvalue weighted by atomic mass is 10.0. The third-order valence-electron chi connectivity index (χ3n) is 3.39. The number of β-amino-alcohol motifs (C(OH)–C–C–N with tert-alkyl or cyclic N) is 1. The van der Waals surface area contributed by atoms with Crippen LogP contribution in [-0.4, -0.2) is 45.8 Å². The topological polar surface area (TPSA) is 92.6 Å². The molecule has 1 aromatic rings. The van der Waals surface area contributed by atoms with E-state index >= 15 is 0 Å². The molecule has 6 heteroatoms. The number of amides is 1. The third-order valence-corrected chi connectivity index (χ3v) is 3.39. The summed E-state index contributed by atoms with van der Waals surface area (Å²) in [5.41, 5.74) is 5.72. The number of nitrogens with two attached hydrogens (primary N) is 1. The SMILES string of the molecule is Cc1cc(C[C@@H]2CN(C(=O)C(C)(C)N)C[C@@H]2O)on1. The van der Waals surface area contributed by atoms with E-state index in [1.54, 1.807) is 18.7 Å². The largest absolute Gasteiger partial charge is 0.391 e. The van der Waals surface area contributed by atoms with Gasteiger partial charge in [-0.05, 0) is 20.8 Å². The summed E-state index contributed by atoms with van der Waals surface area (Å²) in [6.45, 7) is 6.03. The van der Waals surface area contributed by atoms with Crippen LogP contribution in [0.3, 0.4) is 0 Å². The molecule has 6 nitrogen and oxygen atoms in total. The molecule has 0 aromatic carbocycles. The molecular weight excluding hydrogens is 246 g/mol. The highest BCUT2D eigenvalue weighted by Crippen LogP contribution is 2.23. The number of aliphatic hydroxyl groups is 1. The Morgan fingerprint density at radius 3 is 2.84 bits per heavy atom. The first-order chi connectivity index (χ1) is 8.77. The Hall–Kier alpha value is -1.40. The van der Waals surface area contributed by atoms with Gasteiger partial charge in [0.2, 0.25) is 5.91 Å². The van der Waals surface area contributed by atoms with E-state index in [-0.39, 0.29) is 11.8 Å². The van der Waals surface area contributed by atoms with E-state index in [4.69, 9.17) is 10.3 Å². The molecular formula is C13H21N3O3. The smallest absolute Gasteiger partial charge is 0.242 e. The van der Waals surface area contributed by atoms with Crippen molar-refractivity contribution in [1.82, 2.24) is 10.1 Å². The summed E-state index contributed by atoms with van der Waals surface area (Å²) in [6, 6.07) is 1.85. The van der Waals surface area contributed by atoms with Crippen LogP contribution in [-0.2, 0) is 11.2 Å². The third kappa shape index (κ3) is 3.13. The Morgan fingerprint density at radius 2 is 2.32 bits per heavy atom. The van der Waals surface area contributed by atoms with E-state index in [2.05, 4.69) is 5.16 Å². The zero-order valence-corrected chi connectivity index (χ0v) is 11.6. The molecule has 19 heavy (non-hydrogen) atoms. The number of hydrogen-bond donors (Lipinski definition) is 2. The summed E-state index contributed by atoms with van der Waals surface area (Å²) < 4.78 is 5.15. The van der Waals surface area contributed by atoms with Crippen LogP contribution in [0.25, 0.3) is 0 Å². The van der Waals surface area contributed by atoms with E-state index < -0.39 is 11.6 Å². The predicted molar refractivity (Wildman–Crippen MR) is 69.3 cm³/mol. The highest BCUT2D eigenvalue weighted by atomic mass is 16.5. The van der Waals surface area contributed by atoms with Gasteiger partial charge >= 0.3 is 0 Å². The Kier molecular flexibility index (Phi) is 3.64. The monoisotopic (exact) mass is 267 g/mol. The van der Waals surface area contributed by atoms with Gasteiger partial charge in [-0.15, -0.1) is 0 Å². The molecule has 106 valence electrons. The van der Waals surface area contributed by atoms with Crippen molar-refractivity contribution in [3.63, 3.8) is 0 Å². The fourth-order valence-corrected chi connectivity index (χ4v) is 2.40. The molecule has 1 aliphatic heterocycles. The predicted octanol–water partition coefficient (Wildman–Crippen LogP) is 0.0821. The summed E-state index contributed by atoms with van der Waals surface area (Å²) in [4.78, 5) is 13.7. The van der Waals surface area contributed by atoms with E-state index in [1.807, 2.05) is 13.0 Å². The van der Waals surface area contributed by atoms with E-state index in [9.17, 15) is 9.90 Å². The Labute approximate surface area is 112 Å². The number of aliphatic hydroxyl groups excluding tert-OH is 1. The second-order valence-electron chi connectivity index (χ2n) is 5.90. The second kappa shape index (κ2) is 4.94. The van der Waals surface area contributed by atoms with Crippen molar-refractivity contribution in [1.29, 1.82) is 0 Å². The van der Waals surface area contributed by atoms with Crippen LogP contribution in [0.4, 0.5) is 0 Å². The molecule has 1 saturated heterocycles. The molecule has 0 unspecified atom stereocenters. The average Bonchev–Trinajstić information content (AvgIpc) is 2.85. The van der Waals surface area contributed by atoms with Gasteiger partial charge in [-0.25, -0.2) is 0 Å². The minimum Gasteiger partial charge on any atom is -0.391 e. The molecule has 1 fully saturated rings. The average molecular weight is 267 g/mol. The van der Waals surface area contributed by atoms with Crippen LogP contribution in [0.2, 0.25) is 0 Å². The van der Waals surface area contributed by atoms with Gasteiger partial charge in [0.25, 0.3) is 0 Å². The van der Waals surface area contributed by atoms with Gasteiger partial charge in [0.1, 0.15) is 5.76 Å². The van der Waals surface area contributed by atoms with Crippen LogP contribution >= 0.6 is 0 Å². The first-order valence-electron chi connectivity index (χ1n) is 6.46. The maximum atomic E-state index is 12.1. The second-order valence-corrected chi connectivity index (χ2v) is 5.90. The lowest BCUT2D eigenvalue weighted by molar-refractivity contribution is -0.135. The van der Waals surface area contributed by atoms with Crippen molar-refractivity contribution in [2.75, 3.05) is 13.1 Å².